The van der Waals surface area contributed by atoms with Crippen molar-refractivity contribution in [2.45, 2.75) is 104 Å². The van der Waals surface area contributed by atoms with Gasteiger partial charge in [0.15, 0.2) is 0 Å². The van der Waals surface area contributed by atoms with Crippen molar-refractivity contribution < 1.29 is 99.0 Å². The molecule has 3 aliphatic rings. The topological polar surface area (TPSA) is 396 Å². The number of aromatic hydroxyl groups is 1. The lowest BCUT2D eigenvalue weighted by atomic mass is 9.81. The monoisotopic (exact) mass is 1500 g/mol. The zero-order chi connectivity index (χ0) is 76.3. The summed E-state index contributed by atoms with van der Waals surface area (Å²) < 4.78 is 90.9. The van der Waals surface area contributed by atoms with Gasteiger partial charge in [-0.15, -0.1) is 0 Å². The van der Waals surface area contributed by atoms with Gasteiger partial charge in [-0.2, -0.15) is 8.42 Å². The second-order valence-electron chi connectivity index (χ2n) is 25.5. The molecule has 6 heterocycles. The molecule has 0 unspecified atom stereocenters. The van der Waals surface area contributed by atoms with Crippen molar-refractivity contribution in [3.63, 3.8) is 0 Å². The molecule has 8 rings (SSSR count). The van der Waals surface area contributed by atoms with Crippen molar-refractivity contribution in [2.24, 2.45) is 5.92 Å². The van der Waals surface area contributed by atoms with Gasteiger partial charge in [0, 0.05) is 83.7 Å². The van der Waals surface area contributed by atoms with Crippen LogP contribution in [0.3, 0.4) is 0 Å². The molecule has 0 aliphatic carbocycles. The van der Waals surface area contributed by atoms with Crippen LogP contribution in [0.4, 0.5) is 5.69 Å². The number of nitrogens with one attached hydrogen (secondary N) is 6. The molecular formula is C73H99N11O21S. The fourth-order valence-corrected chi connectivity index (χ4v) is 12.7. The van der Waals surface area contributed by atoms with Crippen LogP contribution in [0.5, 0.6) is 5.75 Å². The van der Waals surface area contributed by atoms with E-state index in [1.54, 1.807) is 52.2 Å². The third-order valence-corrected chi connectivity index (χ3v) is 18.4. The Balaban J connectivity index is 0.599. The van der Waals surface area contributed by atoms with Crippen LogP contribution >= 0.6 is 0 Å². The Hall–Kier alpha value is -8.84. The summed E-state index contributed by atoms with van der Waals surface area (Å²) in [6, 6.07) is 13.1. The van der Waals surface area contributed by atoms with E-state index >= 15 is 0 Å². The van der Waals surface area contributed by atoms with Gasteiger partial charge in [-0.3, -0.25) is 34.0 Å². The van der Waals surface area contributed by atoms with Crippen molar-refractivity contribution in [3.05, 3.63) is 124 Å². The number of aryl methyl sites for hydroxylation is 2. The number of cyclic esters (lactones) is 1. The molecule has 0 saturated carbocycles. The Labute approximate surface area is 616 Å². The number of pyridine rings is 2. The van der Waals surface area contributed by atoms with Gasteiger partial charge in [0.05, 0.1) is 141 Å². The molecule has 4 atom stereocenters. The number of fused-ring (bicyclic) bond motifs is 5. The minimum absolute atomic E-state index is 0.0111. The van der Waals surface area contributed by atoms with Gasteiger partial charge in [-0.05, 0) is 105 Å². The number of aromatic nitrogens is 3. The number of anilines is 1. The number of carbonyl (C=O) groups excluding carboxylic acids is 7. The SMILES string of the molecule is C=C1C2=C(C=C3c4nc5ccc(O)cc5c(CC)c4CN13)[C@](CC)(OC(=O)c1ccc(NC(=O)[C@H](C)NC(=O)[C@@H](NC(=O)CCOCCOCCOCCOCCOCCOCCOCCOCCNC(=O)[C@H](CS(=O)(=O)O)NC(=O)CCn3c(CN(C)NC)cc4cccnc43)C(C)C)cc1)C(=O)OC2. The van der Waals surface area contributed by atoms with E-state index in [0.717, 1.165) is 27.6 Å². The molecule has 578 valence electrons. The van der Waals surface area contributed by atoms with E-state index in [1.807, 2.05) is 52.7 Å². The zero-order valence-corrected chi connectivity index (χ0v) is 61.9. The summed E-state index contributed by atoms with van der Waals surface area (Å²) in [7, 11) is -0.971. The van der Waals surface area contributed by atoms with Gasteiger partial charge in [0.1, 0.15) is 41.9 Å². The maximum atomic E-state index is 14.0. The van der Waals surface area contributed by atoms with Crippen molar-refractivity contribution in [2.75, 3.05) is 144 Å². The Morgan fingerprint density at radius 2 is 1.36 bits per heavy atom. The summed E-state index contributed by atoms with van der Waals surface area (Å²) in [6.45, 7) is 18.9. The Morgan fingerprint density at radius 3 is 1.94 bits per heavy atom. The van der Waals surface area contributed by atoms with Crippen LogP contribution in [0.15, 0.2) is 96.4 Å². The number of carbonyl (C=O) groups is 7. The van der Waals surface area contributed by atoms with Gasteiger partial charge in [0.2, 0.25) is 35.1 Å². The number of hydrazine groups is 1. The molecule has 32 nitrogen and oxygen atoms in total. The number of nitrogens with zero attached hydrogens (tertiary/aromatic N) is 5. The number of rotatable bonds is 47. The van der Waals surface area contributed by atoms with Crippen LogP contribution in [0, 0.1) is 5.92 Å². The largest absolute Gasteiger partial charge is 0.508 e. The highest BCUT2D eigenvalue weighted by Gasteiger charge is 2.53. The molecule has 3 aromatic heterocycles. The Morgan fingerprint density at radius 1 is 0.755 bits per heavy atom. The van der Waals surface area contributed by atoms with Crippen LogP contribution < -0.4 is 32.0 Å². The number of amides is 5. The minimum Gasteiger partial charge on any atom is -0.508 e. The van der Waals surface area contributed by atoms with E-state index in [-0.39, 0.29) is 95.8 Å². The second-order valence-corrected chi connectivity index (χ2v) is 27.0. The molecule has 33 heteroatoms. The van der Waals surface area contributed by atoms with Crippen LogP contribution in [0.25, 0.3) is 27.6 Å². The third kappa shape index (κ3) is 23.3. The average molecular weight is 1500 g/mol. The molecule has 0 saturated heterocycles. The number of hydrogen-bond donors (Lipinski definition) is 8. The molecular weight excluding hydrogens is 1400 g/mol. The maximum Gasteiger partial charge on any atom is 0.355 e. The van der Waals surface area contributed by atoms with E-state index in [2.05, 4.69) is 43.6 Å². The van der Waals surface area contributed by atoms with Gasteiger partial charge < -0.3 is 88.5 Å². The molecule has 2 aromatic carbocycles. The molecule has 0 radical (unpaired) electrons. The Bertz CT molecular complexity index is 4060. The second kappa shape index (κ2) is 40.8. The summed E-state index contributed by atoms with van der Waals surface area (Å²) >= 11 is 0. The highest BCUT2D eigenvalue weighted by atomic mass is 32.2. The molecule has 3 aliphatic heterocycles. The number of ether oxygens (including phenoxy) is 10. The molecule has 0 spiro atoms. The first-order valence-corrected chi connectivity index (χ1v) is 37.0. The summed E-state index contributed by atoms with van der Waals surface area (Å²) in [5.41, 5.74) is 8.99. The highest BCUT2D eigenvalue weighted by molar-refractivity contribution is 7.85. The summed E-state index contributed by atoms with van der Waals surface area (Å²) in [5, 5.41) is 27.0. The molecule has 0 bridgehead atoms. The third-order valence-electron chi connectivity index (χ3n) is 17.7. The number of benzene rings is 2. The van der Waals surface area contributed by atoms with Crippen molar-refractivity contribution in [3.8, 4) is 5.75 Å². The number of hydrogen-bond acceptors (Lipinski definition) is 25. The first kappa shape index (κ1) is 82.8. The van der Waals surface area contributed by atoms with Crippen molar-refractivity contribution in [1.82, 2.24) is 51.1 Å². The quantitative estimate of drug-likeness (QED) is 0.0119. The zero-order valence-electron chi connectivity index (χ0n) is 61.1. The smallest absolute Gasteiger partial charge is 0.355 e. The molecule has 8 N–H and O–H groups in total. The normalized spacial score (nSPS) is 15.8. The molecule has 5 aromatic rings. The lowest BCUT2D eigenvalue weighted by Gasteiger charge is -2.41. The van der Waals surface area contributed by atoms with Crippen molar-refractivity contribution in [1.29, 1.82) is 0 Å². The number of phenols is 1. The Kier molecular flexibility index (Phi) is 31.8. The van der Waals surface area contributed by atoms with E-state index in [9.17, 15) is 51.6 Å². The van der Waals surface area contributed by atoms with Gasteiger partial charge in [-0.1, -0.05) is 34.3 Å². The molecule has 106 heavy (non-hydrogen) atoms. The molecule has 5 amide bonds. The summed E-state index contributed by atoms with van der Waals surface area (Å²) in [6.07, 6.45) is 4.11. The van der Waals surface area contributed by atoms with Crippen LogP contribution in [-0.2, 0) is 112 Å². The van der Waals surface area contributed by atoms with E-state index in [1.165, 1.54) is 31.2 Å². The predicted molar refractivity (Wildman–Crippen MR) is 389 cm³/mol. The summed E-state index contributed by atoms with van der Waals surface area (Å²) in [5.74, 6) is -5.65. The fourth-order valence-electron chi connectivity index (χ4n) is 12.0. The van der Waals surface area contributed by atoms with Crippen molar-refractivity contribution >= 4 is 84.9 Å². The van der Waals surface area contributed by atoms with E-state index in [0.29, 0.717) is 131 Å². The fraction of sp³-hybridized carbons (Fsp3) is 0.521. The number of phenolic OH excluding ortho intramolecular Hbond substituents is 1. The average Bonchev–Trinajstić information content (AvgIpc) is 1.46. The molecule has 0 fully saturated rings. The van der Waals surface area contributed by atoms with Gasteiger partial charge in [0.25, 0.3) is 10.1 Å². The maximum absolute atomic E-state index is 14.0. The number of esters is 2. The van der Waals surface area contributed by atoms with E-state index in [4.69, 9.17) is 52.4 Å². The lowest BCUT2D eigenvalue weighted by Crippen LogP contribution is -2.53. The first-order valence-electron chi connectivity index (χ1n) is 35.4. The lowest BCUT2D eigenvalue weighted by molar-refractivity contribution is -0.163. The van der Waals surface area contributed by atoms with Gasteiger partial charge in [-0.25, -0.2) is 24.6 Å². The predicted octanol–water partition coefficient (Wildman–Crippen LogP) is 3.65. The van der Waals surface area contributed by atoms with Gasteiger partial charge >= 0.3 is 11.9 Å². The highest BCUT2D eigenvalue weighted by Crippen LogP contribution is 2.49. The minimum atomic E-state index is -4.62. The van der Waals surface area contributed by atoms with Crippen LogP contribution in [0.2, 0.25) is 0 Å². The van der Waals surface area contributed by atoms with E-state index < -0.39 is 81.1 Å². The first-order chi connectivity index (χ1) is 50.9. The van der Waals surface area contributed by atoms with Crippen LogP contribution in [0.1, 0.15) is 86.8 Å². The summed E-state index contributed by atoms with van der Waals surface area (Å²) in [4.78, 5) is 105. The standard InChI is InChI=1S/C73H99N11O21S/c1-9-55-56-41-54(85)17-18-60(56)80-66-57(55)44-84-49(6)58-45-104-72(92)73(10-2,59(58)42-62(66)84)105-71(91)50-13-15-52(16-14-50)78-68(88)48(5)77-70(90)65(47(3)4)81-64(87)20-24-96-26-28-98-30-32-100-34-36-102-38-39-103-37-35-101-33-31-99-29-27-97-25-22-76-69(89)61(46-106(93,94)95)79-63(86)19-23-83-53(43-82(8)74-7)40-51-12-11-21-75-67(51)83/h11-18,21,40-42,47-48,61,65,74,85H,6,9-10,19-20,22-39,43-46H2,1-5,7-8H3,(H,76,89)(H,77,90)(H,78,88)(H,79,86)(H,81,87)(H,93,94,95)/t48-,61-,65-,73-/m0/s1. The van der Waals surface area contributed by atoms with Crippen LogP contribution in [-0.4, -0.2) is 246 Å².